The smallest absolute Gasteiger partial charge is 0.196 e. The number of nitrogen functional groups attached to an aromatic ring is 2. The number of benzene rings is 1. The Bertz CT molecular complexity index is 582. The van der Waals surface area contributed by atoms with Crippen LogP contribution in [0.15, 0.2) is 34.3 Å². The lowest BCUT2D eigenvalue weighted by Crippen LogP contribution is -2.04. The predicted molar refractivity (Wildman–Crippen MR) is 79.0 cm³/mol. The van der Waals surface area contributed by atoms with Gasteiger partial charge in [-0.3, -0.25) is 0 Å². The first-order chi connectivity index (χ1) is 8.95. The van der Waals surface area contributed by atoms with Gasteiger partial charge in [-0.1, -0.05) is 17.7 Å². The van der Waals surface area contributed by atoms with Crippen LogP contribution in [0.4, 0.5) is 11.6 Å². The number of anilines is 2. The van der Waals surface area contributed by atoms with Gasteiger partial charge in [0.1, 0.15) is 11.6 Å². The zero-order valence-electron chi connectivity index (χ0n) is 10.3. The van der Waals surface area contributed by atoms with Gasteiger partial charge in [-0.25, -0.2) is 9.97 Å². The molecule has 0 amide bonds. The van der Waals surface area contributed by atoms with Gasteiger partial charge in [0.05, 0.1) is 5.02 Å². The molecule has 19 heavy (non-hydrogen) atoms. The number of halogens is 1. The minimum Gasteiger partial charge on any atom is -0.383 e. The van der Waals surface area contributed by atoms with E-state index in [9.17, 15) is 0 Å². The molecule has 0 aliphatic rings. The first kappa shape index (κ1) is 13.9. The van der Waals surface area contributed by atoms with Crippen LogP contribution >= 0.6 is 23.4 Å². The first-order valence-corrected chi connectivity index (χ1v) is 6.78. The van der Waals surface area contributed by atoms with E-state index in [1.54, 1.807) is 0 Å². The van der Waals surface area contributed by atoms with E-state index in [1.165, 1.54) is 17.8 Å². The van der Waals surface area contributed by atoms with Crippen molar-refractivity contribution in [1.82, 2.24) is 9.97 Å². The number of nitrogens with two attached hydrogens (primary N) is 3. The molecule has 0 radical (unpaired) electrons. The monoisotopic (exact) mass is 295 g/mol. The molecule has 1 aromatic heterocycles. The van der Waals surface area contributed by atoms with E-state index < -0.39 is 0 Å². The molecular formula is C12H14ClN5S. The fourth-order valence-corrected chi connectivity index (χ4v) is 2.59. The van der Waals surface area contributed by atoms with Crippen LogP contribution in [0.5, 0.6) is 0 Å². The molecule has 0 aliphatic carbocycles. The Hall–Kier alpha value is -1.50. The molecule has 0 unspecified atom stereocenters. The maximum absolute atomic E-state index is 6.21. The van der Waals surface area contributed by atoms with Crippen LogP contribution in [0.2, 0.25) is 5.02 Å². The fourth-order valence-electron chi connectivity index (χ4n) is 1.49. The summed E-state index contributed by atoms with van der Waals surface area (Å²) >= 11 is 7.52. The highest BCUT2D eigenvalue weighted by molar-refractivity contribution is 7.99. The van der Waals surface area contributed by atoms with E-state index in [0.717, 1.165) is 10.5 Å². The van der Waals surface area contributed by atoms with Crippen LogP contribution in [0.25, 0.3) is 0 Å². The Morgan fingerprint density at radius 1 is 1.16 bits per heavy atom. The molecule has 0 fully saturated rings. The zero-order valence-corrected chi connectivity index (χ0v) is 11.9. The normalized spacial score (nSPS) is 12.4. The summed E-state index contributed by atoms with van der Waals surface area (Å²) in [6, 6.07) is 7.09. The van der Waals surface area contributed by atoms with Gasteiger partial charge >= 0.3 is 0 Å². The summed E-state index contributed by atoms with van der Waals surface area (Å²) in [4.78, 5) is 9.02. The second kappa shape index (κ2) is 5.64. The molecule has 6 N–H and O–H groups in total. The van der Waals surface area contributed by atoms with E-state index >= 15 is 0 Å². The van der Waals surface area contributed by atoms with Crippen LogP contribution in [0.1, 0.15) is 18.5 Å². The molecule has 5 nitrogen and oxygen atoms in total. The molecule has 0 saturated heterocycles. The predicted octanol–water partition coefficient (Wildman–Crippen LogP) is 2.47. The highest BCUT2D eigenvalue weighted by Crippen LogP contribution is 2.33. The third-order valence-electron chi connectivity index (χ3n) is 2.43. The summed E-state index contributed by atoms with van der Waals surface area (Å²) in [5.74, 6) is 0.664. The van der Waals surface area contributed by atoms with Crippen molar-refractivity contribution >= 4 is 35.0 Å². The molecule has 1 aromatic carbocycles. The summed E-state index contributed by atoms with van der Waals surface area (Å²) in [6.45, 7) is 1.90. The summed E-state index contributed by atoms with van der Waals surface area (Å²) in [6.07, 6.45) is 0. The van der Waals surface area contributed by atoms with E-state index in [2.05, 4.69) is 9.97 Å². The van der Waals surface area contributed by atoms with Crippen molar-refractivity contribution in [3.63, 3.8) is 0 Å². The highest BCUT2D eigenvalue weighted by Gasteiger charge is 2.09. The molecule has 1 heterocycles. The molecule has 1 atom stereocenters. The van der Waals surface area contributed by atoms with Crippen molar-refractivity contribution in [2.45, 2.75) is 23.0 Å². The number of nitrogens with zero attached hydrogens (tertiary/aromatic N) is 2. The van der Waals surface area contributed by atoms with Gasteiger partial charge in [-0.2, -0.15) is 0 Å². The lowest BCUT2D eigenvalue weighted by Gasteiger charge is -2.09. The van der Waals surface area contributed by atoms with Crippen molar-refractivity contribution < 1.29 is 0 Å². The van der Waals surface area contributed by atoms with Gasteiger partial charge in [-0.05, 0) is 36.4 Å². The van der Waals surface area contributed by atoms with Gasteiger partial charge in [-0.15, -0.1) is 0 Å². The Labute approximate surface area is 120 Å². The van der Waals surface area contributed by atoms with E-state index in [0.29, 0.717) is 21.8 Å². The lowest BCUT2D eigenvalue weighted by molar-refractivity contribution is 0.817. The maximum Gasteiger partial charge on any atom is 0.196 e. The second-order valence-corrected chi connectivity index (χ2v) is 5.50. The Morgan fingerprint density at radius 3 is 2.32 bits per heavy atom. The van der Waals surface area contributed by atoms with Crippen LogP contribution in [0.3, 0.4) is 0 Å². The Morgan fingerprint density at radius 2 is 1.79 bits per heavy atom. The van der Waals surface area contributed by atoms with Gasteiger partial charge < -0.3 is 17.2 Å². The van der Waals surface area contributed by atoms with E-state index in [-0.39, 0.29) is 6.04 Å². The summed E-state index contributed by atoms with van der Waals surface area (Å²) in [5.41, 5.74) is 18.0. The summed E-state index contributed by atoms with van der Waals surface area (Å²) in [7, 11) is 0. The number of rotatable bonds is 3. The van der Waals surface area contributed by atoms with E-state index in [4.69, 9.17) is 28.8 Å². The van der Waals surface area contributed by atoms with Crippen molar-refractivity contribution in [1.29, 1.82) is 0 Å². The molecular weight excluding hydrogens is 282 g/mol. The quantitative estimate of drug-likeness (QED) is 0.751. The third-order valence-corrected chi connectivity index (χ3v) is 3.79. The van der Waals surface area contributed by atoms with Crippen LogP contribution in [-0.4, -0.2) is 9.97 Å². The second-order valence-electron chi connectivity index (χ2n) is 4.08. The Balaban J connectivity index is 2.28. The SMILES string of the molecule is C[C@@H](N)c1ccc(Sc2nc(N)cc(N)n2)c(Cl)c1. The zero-order chi connectivity index (χ0) is 14.0. The number of hydrogen-bond donors (Lipinski definition) is 3. The third kappa shape index (κ3) is 3.50. The maximum atomic E-state index is 6.21. The van der Waals surface area contributed by atoms with Crippen molar-refractivity contribution in [3.8, 4) is 0 Å². The van der Waals surface area contributed by atoms with Gasteiger partial charge in [0, 0.05) is 17.0 Å². The molecule has 7 heteroatoms. The number of hydrogen-bond acceptors (Lipinski definition) is 6. The van der Waals surface area contributed by atoms with Crippen LogP contribution in [0, 0.1) is 0 Å². The molecule has 100 valence electrons. The highest BCUT2D eigenvalue weighted by atomic mass is 35.5. The number of aromatic nitrogens is 2. The summed E-state index contributed by atoms with van der Waals surface area (Å²) < 4.78 is 0. The van der Waals surface area contributed by atoms with Gasteiger partial charge in [0.15, 0.2) is 5.16 Å². The fraction of sp³-hybridized carbons (Fsp3) is 0.167. The van der Waals surface area contributed by atoms with E-state index in [1.807, 2.05) is 25.1 Å². The van der Waals surface area contributed by atoms with Gasteiger partial charge in [0.2, 0.25) is 0 Å². The average molecular weight is 296 g/mol. The molecule has 2 rings (SSSR count). The first-order valence-electron chi connectivity index (χ1n) is 5.58. The molecule has 2 aromatic rings. The standard InChI is InChI=1S/C12H14ClN5S/c1-6(14)7-2-3-9(8(13)4-7)19-12-17-10(15)5-11(16)18-12/h2-6H,14H2,1H3,(H4,15,16,17,18)/t6-/m1/s1. The van der Waals surface area contributed by atoms with Crippen molar-refractivity contribution in [2.24, 2.45) is 5.73 Å². The molecule has 0 bridgehead atoms. The average Bonchev–Trinajstić information content (AvgIpc) is 2.30. The van der Waals surface area contributed by atoms with Crippen molar-refractivity contribution in [2.75, 3.05) is 11.5 Å². The molecule has 0 saturated carbocycles. The molecule has 0 spiro atoms. The van der Waals surface area contributed by atoms with Gasteiger partial charge in [0.25, 0.3) is 0 Å². The van der Waals surface area contributed by atoms with Crippen LogP contribution < -0.4 is 17.2 Å². The lowest BCUT2D eigenvalue weighted by atomic mass is 10.1. The summed E-state index contributed by atoms with van der Waals surface area (Å²) in [5, 5.41) is 1.07. The topological polar surface area (TPSA) is 104 Å². The minimum atomic E-state index is -0.0594. The van der Waals surface area contributed by atoms with Crippen LogP contribution in [-0.2, 0) is 0 Å². The largest absolute Gasteiger partial charge is 0.383 e. The van der Waals surface area contributed by atoms with Crippen molar-refractivity contribution in [3.05, 3.63) is 34.9 Å². The Kier molecular flexibility index (Phi) is 4.14. The molecule has 0 aliphatic heterocycles. The minimum absolute atomic E-state index is 0.0594.